The summed E-state index contributed by atoms with van der Waals surface area (Å²) in [5, 5.41) is 6.27. The fourth-order valence-electron chi connectivity index (χ4n) is 2.19. The molecular weight excluding hydrogens is 276 g/mol. The lowest BCUT2D eigenvalue weighted by atomic mass is 9.94. The lowest BCUT2D eigenvalue weighted by Crippen LogP contribution is -2.51. The minimum Gasteiger partial charge on any atom is -0.497 e. The van der Waals surface area contributed by atoms with Crippen molar-refractivity contribution in [2.75, 3.05) is 20.2 Å². The molecule has 1 fully saturated rings. The molecule has 1 aliphatic rings. The van der Waals surface area contributed by atoms with E-state index in [4.69, 9.17) is 4.74 Å². The van der Waals surface area contributed by atoms with E-state index in [0.717, 1.165) is 24.4 Å². The molecule has 20 heavy (non-hydrogen) atoms. The van der Waals surface area contributed by atoms with Crippen molar-refractivity contribution in [3.05, 3.63) is 29.8 Å². The summed E-state index contributed by atoms with van der Waals surface area (Å²) in [4.78, 5) is 12.1. The smallest absolute Gasteiger partial charge is 0.226 e. The van der Waals surface area contributed by atoms with E-state index in [1.54, 1.807) is 7.11 Å². The molecule has 112 valence electrons. The third kappa shape index (κ3) is 3.87. The van der Waals surface area contributed by atoms with Gasteiger partial charge in [-0.2, -0.15) is 0 Å². The van der Waals surface area contributed by atoms with Gasteiger partial charge in [-0.05, 0) is 23.6 Å². The highest BCUT2D eigenvalue weighted by atomic mass is 35.5. The van der Waals surface area contributed by atoms with Gasteiger partial charge >= 0.3 is 0 Å². The van der Waals surface area contributed by atoms with Crippen molar-refractivity contribution in [2.45, 2.75) is 19.9 Å². The first-order valence-electron chi connectivity index (χ1n) is 6.77. The van der Waals surface area contributed by atoms with Gasteiger partial charge in [-0.3, -0.25) is 4.79 Å². The number of rotatable bonds is 5. The largest absolute Gasteiger partial charge is 0.497 e. The number of hydrogen-bond acceptors (Lipinski definition) is 3. The lowest BCUT2D eigenvalue weighted by Gasteiger charge is -2.30. The Morgan fingerprint density at radius 2 is 1.90 bits per heavy atom. The molecule has 0 aromatic heterocycles. The maximum Gasteiger partial charge on any atom is 0.226 e. The monoisotopic (exact) mass is 298 g/mol. The number of carbonyl (C=O) groups excluding carboxylic acids is 1. The third-order valence-corrected chi connectivity index (χ3v) is 3.59. The third-order valence-electron chi connectivity index (χ3n) is 3.59. The van der Waals surface area contributed by atoms with E-state index in [0.29, 0.717) is 5.92 Å². The van der Waals surface area contributed by atoms with E-state index in [1.165, 1.54) is 0 Å². The number of halogens is 1. The maximum atomic E-state index is 12.1. The molecule has 1 heterocycles. The molecule has 0 saturated carbocycles. The molecule has 4 nitrogen and oxygen atoms in total. The second-order valence-electron chi connectivity index (χ2n) is 5.36. The molecule has 1 atom stereocenters. The van der Waals surface area contributed by atoms with Crippen molar-refractivity contribution in [1.82, 2.24) is 10.6 Å². The predicted molar refractivity (Wildman–Crippen MR) is 82.3 cm³/mol. The average molecular weight is 299 g/mol. The van der Waals surface area contributed by atoms with Crippen LogP contribution in [0.3, 0.4) is 0 Å². The molecule has 0 spiro atoms. The van der Waals surface area contributed by atoms with Crippen LogP contribution in [0.1, 0.15) is 25.5 Å². The first-order chi connectivity index (χ1) is 9.11. The van der Waals surface area contributed by atoms with Gasteiger partial charge in [-0.1, -0.05) is 26.0 Å². The highest BCUT2D eigenvalue weighted by molar-refractivity contribution is 5.85. The Balaban J connectivity index is 0.00000200. The van der Waals surface area contributed by atoms with Crippen LogP contribution < -0.4 is 15.4 Å². The summed E-state index contributed by atoms with van der Waals surface area (Å²) in [6.45, 7) is 5.82. The number of hydrogen-bond donors (Lipinski definition) is 2. The van der Waals surface area contributed by atoms with Crippen LogP contribution in [0.2, 0.25) is 0 Å². The van der Waals surface area contributed by atoms with Crippen molar-refractivity contribution in [3.63, 3.8) is 0 Å². The summed E-state index contributed by atoms with van der Waals surface area (Å²) >= 11 is 0. The van der Waals surface area contributed by atoms with Crippen LogP contribution in [0.5, 0.6) is 5.75 Å². The summed E-state index contributed by atoms with van der Waals surface area (Å²) in [7, 11) is 1.65. The molecule has 0 bridgehead atoms. The fourth-order valence-corrected chi connectivity index (χ4v) is 2.19. The van der Waals surface area contributed by atoms with Crippen LogP contribution in [-0.2, 0) is 4.79 Å². The van der Waals surface area contributed by atoms with Crippen molar-refractivity contribution in [2.24, 2.45) is 11.8 Å². The Labute approximate surface area is 126 Å². The van der Waals surface area contributed by atoms with E-state index >= 15 is 0 Å². The van der Waals surface area contributed by atoms with Crippen LogP contribution in [0.4, 0.5) is 0 Å². The SMILES string of the molecule is COc1ccc(C(NC(=O)C2CNC2)C(C)C)cc1.Cl. The fraction of sp³-hybridized carbons (Fsp3) is 0.533. The Kier molecular flexibility index (Phi) is 6.30. The molecule has 2 rings (SSSR count). The van der Waals surface area contributed by atoms with E-state index < -0.39 is 0 Å². The number of carbonyl (C=O) groups is 1. The predicted octanol–water partition coefficient (Wildman–Crippen LogP) is 2.15. The standard InChI is InChI=1S/C15H22N2O2.ClH/c1-10(2)14(17-15(18)12-8-16-9-12)11-4-6-13(19-3)7-5-11;/h4-7,10,12,14,16H,8-9H2,1-3H3,(H,17,18);1H. The van der Waals surface area contributed by atoms with Gasteiger partial charge in [0.15, 0.2) is 0 Å². The Morgan fingerprint density at radius 3 is 2.30 bits per heavy atom. The second kappa shape index (κ2) is 7.50. The van der Waals surface area contributed by atoms with Gasteiger partial charge in [-0.25, -0.2) is 0 Å². The lowest BCUT2D eigenvalue weighted by molar-refractivity contribution is -0.127. The molecule has 2 N–H and O–H groups in total. The number of nitrogens with one attached hydrogen (secondary N) is 2. The first-order valence-corrected chi connectivity index (χ1v) is 6.77. The summed E-state index contributed by atoms with van der Waals surface area (Å²) in [6.07, 6.45) is 0. The minimum absolute atomic E-state index is 0. The highest BCUT2D eigenvalue weighted by Gasteiger charge is 2.28. The zero-order chi connectivity index (χ0) is 13.8. The van der Waals surface area contributed by atoms with E-state index in [-0.39, 0.29) is 30.3 Å². The number of amides is 1. The molecule has 1 aromatic rings. The number of benzene rings is 1. The second-order valence-corrected chi connectivity index (χ2v) is 5.36. The summed E-state index contributed by atoms with van der Waals surface area (Å²) < 4.78 is 5.16. The van der Waals surface area contributed by atoms with E-state index in [9.17, 15) is 4.79 Å². The molecular formula is C15H23ClN2O2. The molecule has 1 aromatic carbocycles. The van der Waals surface area contributed by atoms with Crippen molar-refractivity contribution >= 4 is 18.3 Å². The zero-order valence-electron chi connectivity index (χ0n) is 12.2. The van der Waals surface area contributed by atoms with E-state index in [1.807, 2.05) is 24.3 Å². The van der Waals surface area contributed by atoms with Crippen molar-refractivity contribution < 1.29 is 9.53 Å². The number of methoxy groups -OCH3 is 1. The Bertz CT molecular complexity index is 430. The molecule has 1 aliphatic heterocycles. The van der Waals surface area contributed by atoms with Gasteiger partial charge in [0.1, 0.15) is 5.75 Å². The van der Waals surface area contributed by atoms with Gasteiger partial charge in [0.05, 0.1) is 19.1 Å². The molecule has 0 radical (unpaired) electrons. The molecule has 1 unspecified atom stereocenters. The summed E-state index contributed by atoms with van der Waals surface area (Å²) in [6, 6.07) is 7.95. The Hall–Kier alpha value is -1.26. The van der Waals surface area contributed by atoms with Crippen LogP contribution in [0.15, 0.2) is 24.3 Å². The maximum absolute atomic E-state index is 12.1. The minimum atomic E-state index is 0. The molecule has 1 saturated heterocycles. The quantitative estimate of drug-likeness (QED) is 0.876. The van der Waals surface area contributed by atoms with Crippen LogP contribution in [0, 0.1) is 11.8 Å². The van der Waals surface area contributed by atoms with Crippen molar-refractivity contribution in [3.8, 4) is 5.75 Å². The van der Waals surface area contributed by atoms with Crippen molar-refractivity contribution in [1.29, 1.82) is 0 Å². The van der Waals surface area contributed by atoms with Gasteiger partial charge in [0, 0.05) is 13.1 Å². The Morgan fingerprint density at radius 1 is 1.30 bits per heavy atom. The normalized spacial score (nSPS) is 16.0. The summed E-state index contributed by atoms with van der Waals surface area (Å²) in [5.41, 5.74) is 1.12. The highest BCUT2D eigenvalue weighted by Crippen LogP contribution is 2.24. The van der Waals surface area contributed by atoms with Gasteiger partial charge in [0.2, 0.25) is 5.91 Å². The van der Waals surface area contributed by atoms with Crippen LogP contribution >= 0.6 is 12.4 Å². The van der Waals surface area contributed by atoms with E-state index in [2.05, 4.69) is 24.5 Å². The van der Waals surface area contributed by atoms with Gasteiger partial charge < -0.3 is 15.4 Å². The topological polar surface area (TPSA) is 50.4 Å². The zero-order valence-corrected chi connectivity index (χ0v) is 13.0. The van der Waals surface area contributed by atoms with Gasteiger partial charge in [-0.15, -0.1) is 12.4 Å². The summed E-state index contributed by atoms with van der Waals surface area (Å²) in [5.74, 6) is 1.46. The first kappa shape index (κ1) is 16.8. The van der Waals surface area contributed by atoms with Crippen LogP contribution in [0.25, 0.3) is 0 Å². The van der Waals surface area contributed by atoms with Crippen LogP contribution in [-0.4, -0.2) is 26.1 Å². The molecule has 5 heteroatoms. The van der Waals surface area contributed by atoms with Gasteiger partial charge in [0.25, 0.3) is 0 Å². The average Bonchev–Trinajstić information content (AvgIpc) is 2.34. The molecule has 0 aliphatic carbocycles. The number of ether oxygens (including phenoxy) is 1. The molecule has 1 amide bonds.